The first-order chi connectivity index (χ1) is 16.7. The highest BCUT2D eigenvalue weighted by Gasteiger charge is 2.28. The summed E-state index contributed by atoms with van der Waals surface area (Å²) in [6.45, 7) is -0.510. The van der Waals surface area contributed by atoms with Gasteiger partial charge in [-0.3, -0.25) is 14.9 Å². The topological polar surface area (TPSA) is 122 Å². The van der Waals surface area contributed by atoms with Gasteiger partial charge in [0, 0.05) is 23.7 Å². The fourth-order valence-electron chi connectivity index (χ4n) is 3.05. The van der Waals surface area contributed by atoms with Crippen molar-refractivity contribution in [1.82, 2.24) is 9.73 Å². The fourth-order valence-corrected chi connectivity index (χ4v) is 5.19. The second-order valence-corrected chi connectivity index (χ2v) is 10.0. The van der Waals surface area contributed by atoms with Crippen molar-refractivity contribution in [3.05, 3.63) is 104 Å². The Morgan fingerprint density at radius 2 is 1.74 bits per heavy atom. The molecule has 182 valence electrons. The number of amides is 1. The van der Waals surface area contributed by atoms with Gasteiger partial charge in [0.1, 0.15) is 4.90 Å². The van der Waals surface area contributed by atoms with Gasteiger partial charge in [-0.25, -0.2) is 13.8 Å². The van der Waals surface area contributed by atoms with Crippen LogP contribution in [0.25, 0.3) is 0 Å². The van der Waals surface area contributed by atoms with Gasteiger partial charge in [0.2, 0.25) is 10.0 Å². The molecule has 3 aromatic rings. The van der Waals surface area contributed by atoms with Crippen LogP contribution in [0.2, 0.25) is 10.0 Å². The van der Waals surface area contributed by atoms with Gasteiger partial charge >= 0.3 is 0 Å². The minimum Gasteiger partial charge on any atom is -0.272 e. The quantitative estimate of drug-likeness (QED) is 0.236. The van der Waals surface area contributed by atoms with E-state index in [9.17, 15) is 23.3 Å². The molecule has 12 heteroatoms. The molecule has 0 spiro atoms. The molecule has 0 bridgehead atoms. The van der Waals surface area contributed by atoms with Gasteiger partial charge in [-0.2, -0.15) is 9.41 Å². The van der Waals surface area contributed by atoms with Crippen LogP contribution < -0.4 is 5.43 Å². The number of halogens is 2. The van der Waals surface area contributed by atoms with Crippen LogP contribution in [0.4, 0.5) is 5.69 Å². The average Bonchev–Trinajstić information content (AvgIpc) is 2.84. The second-order valence-electron chi connectivity index (χ2n) is 7.29. The SMILES string of the molecule is O=C(CN(CCc1ccccc1)S(=O)(=O)c1cc(Cl)ccc1Cl)N/N=C\c1ccc([N+](=O)[O-])cc1. The van der Waals surface area contributed by atoms with Crippen LogP contribution in [-0.2, 0) is 21.2 Å². The number of nitro benzene ring substituents is 1. The first-order valence-electron chi connectivity index (χ1n) is 10.2. The van der Waals surface area contributed by atoms with Crippen LogP contribution >= 0.6 is 23.2 Å². The molecule has 1 amide bonds. The van der Waals surface area contributed by atoms with E-state index < -0.39 is 27.4 Å². The number of hydrogen-bond acceptors (Lipinski definition) is 6. The van der Waals surface area contributed by atoms with Gasteiger partial charge in [-0.05, 0) is 47.9 Å². The van der Waals surface area contributed by atoms with Gasteiger partial charge < -0.3 is 0 Å². The summed E-state index contributed by atoms with van der Waals surface area (Å²) in [5, 5.41) is 14.7. The molecule has 0 aromatic heterocycles. The molecular weight excluding hydrogens is 515 g/mol. The largest absolute Gasteiger partial charge is 0.272 e. The zero-order valence-corrected chi connectivity index (χ0v) is 20.5. The van der Waals surface area contributed by atoms with Gasteiger partial charge in [0.05, 0.1) is 22.7 Å². The zero-order chi connectivity index (χ0) is 25.4. The van der Waals surface area contributed by atoms with Gasteiger partial charge in [-0.15, -0.1) is 0 Å². The highest BCUT2D eigenvalue weighted by atomic mass is 35.5. The monoisotopic (exact) mass is 534 g/mol. The molecule has 0 saturated carbocycles. The average molecular weight is 535 g/mol. The van der Waals surface area contributed by atoms with E-state index in [1.54, 1.807) is 0 Å². The van der Waals surface area contributed by atoms with Crippen LogP contribution in [0, 0.1) is 10.1 Å². The lowest BCUT2D eigenvalue weighted by molar-refractivity contribution is -0.384. The number of nitrogens with one attached hydrogen (secondary N) is 1. The molecule has 0 aliphatic carbocycles. The minimum atomic E-state index is -4.17. The molecule has 0 heterocycles. The van der Waals surface area contributed by atoms with Crippen molar-refractivity contribution >= 4 is 51.0 Å². The van der Waals surface area contributed by atoms with E-state index in [2.05, 4.69) is 10.5 Å². The summed E-state index contributed by atoms with van der Waals surface area (Å²) in [6.07, 6.45) is 1.65. The molecule has 35 heavy (non-hydrogen) atoms. The second kappa shape index (κ2) is 11.9. The van der Waals surface area contributed by atoms with E-state index in [1.807, 2.05) is 30.3 Å². The van der Waals surface area contributed by atoms with Crippen molar-refractivity contribution in [2.24, 2.45) is 5.10 Å². The molecule has 0 radical (unpaired) electrons. The summed E-state index contributed by atoms with van der Waals surface area (Å²) in [5.74, 6) is -0.682. The lowest BCUT2D eigenvalue weighted by Gasteiger charge is -2.22. The van der Waals surface area contributed by atoms with Crippen LogP contribution in [0.1, 0.15) is 11.1 Å². The van der Waals surface area contributed by atoms with E-state index in [1.165, 1.54) is 48.7 Å². The van der Waals surface area contributed by atoms with Crippen molar-refractivity contribution in [3.8, 4) is 0 Å². The van der Waals surface area contributed by atoms with Crippen LogP contribution in [-0.4, -0.2) is 42.9 Å². The number of hydrogen-bond donors (Lipinski definition) is 1. The highest BCUT2D eigenvalue weighted by molar-refractivity contribution is 7.89. The molecule has 3 rings (SSSR count). The number of non-ortho nitro benzene ring substituents is 1. The Bertz CT molecular complexity index is 1330. The number of nitrogens with zero attached hydrogens (tertiary/aromatic N) is 3. The Labute approximate surface area is 212 Å². The predicted molar refractivity (Wildman–Crippen MR) is 134 cm³/mol. The number of carbonyl (C=O) groups is 1. The maximum Gasteiger partial charge on any atom is 0.269 e. The first-order valence-corrected chi connectivity index (χ1v) is 12.4. The van der Waals surface area contributed by atoms with E-state index in [4.69, 9.17) is 23.2 Å². The van der Waals surface area contributed by atoms with Gasteiger partial charge in [0.15, 0.2) is 0 Å². The number of benzene rings is 3. The molecule has 3 aromatic carbocycles. The van der Waals surface area contributed by atoms with E-state index in [0.29, 0.717) is 12.0 Å². The van der Waals surface area contributed by atoms with Crippen LogP contribution in [0.3, 0.4) is 0 Å². The smallest absolute Gasteiger partial charge is 0.269 e. The summed E-state index contributed by atoms with van der Waals surface area (Å²) >= 11 is 12.1. The Hall–Kier alpha value is -3.31. The van der Waals surface area contributed by atoms with Crippen molar-refractivity contribution in [2.45, 2.75) is 11.3 Å². The molecule has 0 aliphatic heterocycles. The van der Waals surface area contributed by atoms with E-state index in [0.717, 1.165) is 9.87 Å². The Balaban J connectivity index is 1.75. The Morgan fingerprint density at radius 1 is 1.06 bits per heavy atom. The first kappa shape index (κ1) is 26.3. The number of carbonyl (C=O) groups excluding carboxylic acids is 1. The number of nitro groups is 1. The van der Waals surface area contributed by atoms with E-state index in [-0.39, 0.29) is 27.2 Å². The molecular formula is C23H20Cl2N4O5S. The molecule has 0 aliphatic rings. The molecule has 0 atom stereocenters. The molecule has 0 saturated heterocycles. The summed E-state index contributed by atoms with van der Waals surface area (Å²) in [7, 11) is -4.17. The lowest BCUT2D eigenvalue weighted by Crippen LogP contribution is -2.40. The number of sulfonamides is 1. The maximum absolute atomic E-state index is 13.4. The van der Waals surface area contributed by atoms with Crippen molar-refractivity contribution in [2.75, 3.05) is 13.1 Å². The lowest BCUT2D eigenvalue weighted by atomic mass is 10.1. The standard InChI is InChI=1S/C23H20Cl2N4O5S/c24-19-8-11-21(25)22(14-19)35(33,34)28(13-12-17-4-2-1-3-5-17)16-23(30)27-26-15-18-6-9-20(10-7-18)29(31)32/h1-11,14-15H,12-13,16H2,(H,27,30)/b26-15-. The molecule has 1 N–H and O–H groups in total. The molecule has 9 nitrogen and oxygen atoms in total. The molecule has 0 unspecified atom stereocenters. The Morgan fingerprint density at radius 3 is 2.40 bits per heavy atom. The van der Waals surface area contributed by atoms with E-state index >= 15 is 0 Å². The third-order valence-electron chi connectivity index (χ3n) is 4.83. The number of rotatable bonds is 10. The van der Waals surface area contributed by atoms with Crippen LogP contribution in [0.15, 0.2) is 82.8 Å². The van der Waals surface area contributed by atoms with Gasteiger partial charge in [-0.1, -0.05) is 53.5 Å². The minimum absolute atomic E-state index is 0.00861. The predicted octanol–water partition coefficient (Wildman–Crippen LogP) is 4.29. The maximum atomic E-state index is 13.4. The summed E-state index contributed by atoms with van der Waals surface area (Å²) < 4.78 is 27.7. The van der Waals surface area contributed by atoms with Crippen molar-refractivity contribution in [3.63, 3.8) is 0 Å². The summed E-state index contributed by atoms with van der Waals surface area (Å²) in [4.78, 5) is 22.5. The van der Waals surface area contributed by atoms with Crippen molar-refractivity contribution in [1.29, 1.82) is 0 Å². The van der Waals surface area contributed by atoms with Crippen molar-refractivity contribution < 1.29 is 18.1 Å². The Kier molecular flexibility index (Phi) is 8.94. The normalized spacial score (nSPS) is 11.6. The van der Waals surface area contributed by atoms with Gasteiger partial charge in [0.25, 0.3) is 11.6 Å². The number of hydrazone groups is 1. The zero-order valence-electron chi connectivity index (χ0n) is 18.2. The fraction of sp³-hybridized carbons (Fsp3) is 0.130. The third-order valence-corrected chi connectivity index (χ3v) is 7.39. The third kappa shape index (κ3) is 7.33. The highest BCUT2D eigenvalue weighted by Crippen LogP contribution is 2.28. The molecule has 0 fully saturated rings. The summed E-state index contributed by atoms with van der Waals surface area (Å²) in [5.41, 5.74) is 3.60. The summed E-state index contributed by atoms with van der Waals surface area (Å²) in [6, 6.07) is 18.8. The van der Waals surface area contributed by atoms with Crippen LogP contribution in [0.5, 0.6) is 0 Å².